The van der Waals surface area contributed by atoms with Crippen molar-refractivity contribution in [1.82, 2.24) is 10.2 Å². The summed E-state index contributed by atoms with van der Waals surface area (Å²) >= 11 is 0. The van der Waals surface area contributed by atoms with E-state index >= 15 is 0 Å². The van der Waals surface area contributed by atoms with Crippen LogP contribution in [0.15, 0.2) is 0 Å². The number of likely N-dealkylation sites (N-methyl/N-ethyl adjacent to an activating group) is 1. The maximum atomic E-state index is 11.9. The highest BCUT2D eigenvalue weighted by molar-refractivity contribution is 5.87. The predicted molar refractivity (Wildman–Crippen MR) is 74.6 cm³/mol. The Bertz CT molecular complexity index is 282. The molecule has 0 radical (unpaired) electrons. The van der Waals surface area contributed by atoms with Gasteiger partial charge in [-0.05, 0) is 18.8 Å². The van der Waals surface area contributed by atoms with Gasteiger partial charge in [0.2, 0.25) is 11.8 Å². The Morgan fingerprint density at radius 2 is 2.00 bits per heavy atom. The van der Waals surface area contributed by atoms with E-state index in [0.29, 0.717) is 25.5 Å². The van der Waals surface area contributed by atoms with Crippen molar-refractivity contribution >= 4 is 11.8 Å². The third-order valence-electron chi connectivity index (χ3n) is 2.65. The summed E-state index contributed by atoms with van der Waals surface area (Å²) in [6.45, 7) is 5.27. The largest absolute Gasteiger partial charge is 0.385 e. The molecule has 1 atom stereocenters. The number of nitrogens with one attached hydrogen (secondary N) is 1. The summed E-state index contributed by atoms with van der Waals surface area (Å²) in [5, 5.41) is 2.77. The van der Waals surface area contributed by atoms with Crippen LogP contribution in [0.25, 0.3) is 0 Å². The highest BCUT2D eigenvalue weighted by Crippen LogP contribution is 1.99. The number of amides is 2. The molecular formula is C13H27N3O3. The van der Waals surface area contributed by atoms with Gasteiger partial charge in [-0.3, -0.25) is 9.59 Å². The Morgan fingerprint density at radius 1 is 1.37 bits per heavy atom. The van der Waals surface area contributed by atoms with Crippen molar-refractivity contribution < 1.29 is 14.3 Å². The first kappa shape index (κ1) is 17.9. The minimum Gasteiger partial charge on any atom is -0.385 e. The van der Waals surface area contributed by atoms with E-state index in [1.165, 1.54) is 4.90 Å². The van der Waals surface area contributed by atoms with Crippen LogP contribution in [0.3, 0.4) is 0 Å². The van der Waals surface area contributed by atoms with Crippen LogP contribution in [0, 0.1) is 5.92 Å². The summed E-state index contributed by atoms with van der Waals surface area (Å²) < 4.78 is 4.91. The Morgan fingerprint density at radius 3 is 2.53 bits per heavy atom. The molecule has 19 heavy (non-hydrogen) atoms. The highest BCUT2D eigenvalue weighted by atomic mass is 16.5. The zero-order chi connectivity index (χ0) is 14.8. The van der Waals surface area contributed by atoms with Crippen LogP contribution in [0.1, 0.15) is 26.7 Å². The van der Waals surface area contributed by atoms with Crippen molar-refractivity contribution in [2.24, 2.45) is 11.7 Å². The topological polar surface area (TPSA) is 84.7 Å². The minimum atomic E-state index is -0.571. The van der Waals surface area contributed by atoms with Crippen LogP contribution in [0.5, 0.6) is 0 Å². The number of carbonyl (C=O) groups excluding carboxylic acids is 2. The van der Waals surface area contributed by atoms with Crippen molar-refractivity contribution in [1.29, 1.82) is 0 Å². The lowest BCUT2D eigenvalue weighted by Gasteiger charge is -2.21. The number of carbonyl (C=O) groups is 2. The molecule has 112 valence electrons. The molecule has 0 saturated carbocycles. The second-order valence-corrected chi connectivity index (χ2v) is 5.13. The van der Waals surface area contributed by atoms with E-state index < -0.39 is 6.04 Å². The van der Waals surface area contributed by atoms with Gasteiger partial charge in [0.1, 0.15) is 0 Å². The lowest BCUT2D eigenvalue weighted by Crippen LogP contribution is -2.46. The van der Waals surface area contributed by atoms with E-state index in [0.717, 1.165) is 6.42 Å². The molecule has 0 aliphatic carbocycles. The third-order valence-corrected chi connectivity index (χ3v) is 2.65. The van der Waals surface area contributed by atoms with Gasteiger partial charge >= 0.3 is 0 Å². The zero-order valence-corrected chi connectivity index (χ0v) is 12.4. The molecule has 0 aromatic heterocycles. The molecule has 6 nitrogen and oxygen atoms in total. The first-order valence-electron chi connectivity index (χ1n) is 6.64. The van der Waals surface area contributed by atoms with Crippen LogP contribution in [0.2, 0.25) is 0 Å². The van der Waals surface area contributed by atoms with E-state index in [1.54, 1.807) is 14.2 Å². The lowest BCUT2D eigenvalue weighted by atomic mass is 10.1. The number of nitrogens with two attached hydrogens (primary N) is 1. The van der Waals surface area contributed by atoms with Gasteiger partial charge in [-0.15, -0.1) is 0 Å². The SMILES string of the molecule is COCCCC(N)C(=O)N(C)CC(=O)NCC(C)C. The van der Waals surface area contributed by atoms with Gasteiger partial charge in [-0.2, -0.15) is 0 Å². The molecule has 0 bridgehead atoms. The van der Waals surface area contributed by atoms with E-state index in [-0.39, 0.29) is 18.4 Å². The molecule has 0 aromatic carbocycles. The van der Waals surface area contributed by atoms with E-state index in [4.69, 9.17) is 10.5 Å². The third kappa shape index (κ3) is 8.56. The fraction of sp³-hybridized carbons (Fsp3) is 0.846. The van der Waals surface area contributed by atoms with Crippen LogP contribution in [-0.4, -0.2) is 56.6 Å². The van der Waals surface area contributed by atoms with Crippen LogP contribution in [0.4, 0.5) is 0 Å². The number of ether oxygens (including phenoxy) is 1. The van der Waals surface area contributed by atoms with Crippen molar-refractivity contribution in [2.75, 3.05) is 33.9 Å². The summed E-state index contributed by atoms with van der Waals surface area (Å²) in [5.74, 6) is 0.0192. The van der Waals surface area contributed by atoms with Gasteiger partial charge in [0.25, 0.3) is 0 Å². The quantitative estimate of drug-likeness (QED) is 0.578. The Labute approximate surface area is 115 Å². The molecule has 0 aliphatic heterocycles. The Balaban J connectivity index is 4.00. The van der Waals surface area contributed by atoms with E-state index in [1.807, 2.05) is 13.8 Å². The van der Waals surface area contributed by atoms with Gasteiger partial charge in [0.15, 0.2) is 0 Å². The van der Waals surface area contributed by atoms with Gasteiger partial charge in [0.05, 0.1) is 12.6 Å². The van der Waals surface area contributed by atoms with Crippen LogP contribution in [-0.2, 0) is 14.3 Å². The Hall–Kier alpha value is -1.14. The van der Waals surface area contributed by atoms with Crippen molar-refractivity contribution in [3.05, 3.63) is 0 Å². The molecular weight excluding hydrogens is 246 g/mol. The molecule has 0 rings (SSSR count). The predicted octanol–water partition coefficient (Wildman–Crippen LogP) is -0.0291. The van der Waals surface area contributed by atoms with Crippen LogP contribution < -0.4 is 11.1 Å². The molecule has 0 aliphatic rings. The first-order valence-corrected chi connectivity index (χ1v) is 6.64. The molecule has 0 heterocycles. The molecule has 3 N–H and O–H groups in total. The number of nitrogens with zero attached hydrogens (tertiary/aromatic N) is 1. The molecule has 0 fully saturated rings. The molecule has 0 spiro atoms. The maximum Gasteiger partial charge on any atom is 0.239 e. The summed E-state index contributed by atoms with van der Waals surface area (Å²) in [6, 6.07) is -0.571. The molecule has 1 unspecified atom stereocenters. The summed E-state index contributed by atoms with van der Waals surface area (Å²) in [5.41, 5.74) is 5.78. The average molecular weight is 273 g/mol. The van der Waals surface area contributed by atoms with Crippen molar-refractivity contribution in [2.45, 2.75) is 32.7 Å². The van der Waals surface area contributed by atoms with Gasteiger partial charge in [-0.1, -0.05) is 13.8 Å². The Kier molecular flexibility index (Phi) is 9.16. The lowest BCUT2D eigenvalue weighted by molar-refractivity contribution is -0.135. The van der Waals surface area contributed by atoms with Crippen LogP contribution >= 0.6 is 0 Å². The maximum absolute atomic E-state index is 11.9. The molecule has 6 heteroatoms. The minimum absolute atomic E-state index is 0.0452. The highest BCUT2D eigenvalue weighted by Gasteiger charge is 2.19. The second kappa shape index (κ2) is 9.75. The summed E-state index contributed by atoms with van der Waals surface area (Å²) in [6.07, 6.45) is 1.29. The monoisotopic (exact) mass is 273 g/mol. The number of hydrogen-bond acceptors (Lipinski definition) is 4. The molecule has 0 saturated heterocycles. The van der Waals surface area contributed by atoms with Crippen molar-refractivity contribution in [3.8, 4) is 0 Å². The molecule has 2 amide bonds. The fourth-order valence-corrected chi connectivity index (χ4v) is 1.52. The summed E-state index contributed by atoms with van der Waals surface area (Å²) in [4.78, 5) is 24.8. The van der Waals surface area contributed by atoms with E-state index in [2.05, 4.69) is 5.32 Å². The van der Waals surface area contributed by atoms with E-state index in [9.17, 15) is 9.59 Å². The first-order chi connectivity index (χ1) is 8.88. The number of rotatable bonds is 9. The normalized spacial score (nSPS) is 12.3. The fourth-order valence-electron chi connectivity index (χ4n) is 1.52. The standard InChI is InChI=1S/C13H27N3O3/c1-10(2)8-15-12(17)9-16(3)13(18)11(14)6-5-7-19-4/h10-11H,5-9,14H2,1-4H3,(H,15,17). The number of methoxy groups -OCH3 is 1. The number of hydrogen-bond donors (Lipinski definition) is 2. The van der Waals surface area contributed by atoms with Gasteiger partial charge < -0.3 is 20.7 Å². The van der Waals surface area contributed by atoms with Gasteiger partial charge in [0, 0.05) is 27.3 Å². The smallest absolute Gasteiger partial charge is 0.239 e. The average Bonchev–Trinajstić information content (AvgIpc) is 2.35. The summed E-state index contributed by atoms with van der Waals surface area (Å²) in [7, 11) is 3.20. The second-order valence-electron chi connectivity index (χ2n) is 5.13. The molecule has 0 aromatic rings. The zero-order valence-electron chi connectivity index (χ0n) is 12.4. The van der Waals surface area contributed by atoms with Gasteiger partial charge in [-0.25, -0.2) is 0 Å². The van der Waals surface area contributed by atoms with Crippen molar-refractivity contribution in [3.63, 3.8) is 0 Å².